The van der Waals surface area contributed by atoms with Crippen LogP contribution in [0.1, 0.15) is 26.2 Å². The number of nitrogen functional groups attached to an aromatic ring is 1. The van der Waals surface area contributed by atoms with Crippen molar-refractivity contribution in [2.75, 3.05) is 17.6 Å². The monoisotopic (exact) mass is 244 g/mol. The number of rotatable bonds is 3. The normalized spacial score (nSPS) is 23.6. The number of aromatic nitrogens is 2. The Hall–Kier alpha value is -1.71. The molecule has 0 radical (unpaired) electrons. The zero-order chi connectivity index (χ0) is 12.5. The lowest BCUT2D eigenvalue weighted by molar-refractivity contribution is 0.439. The number of hydrogen-bond acceptors (Lipinski definition) is 3. The van der Waals surface area contributed by atoms with E-state index in [0.717, 1.165) is 41.0 Å². The number of nitrogens with zero attached hydrogens (tertiary/aromatic N) is 1. The van der Waals surface area contributed by atoms with Crippen LogP contribution in [0, 0.1) is 11.8 Å². The first kappa shape index (κ1) is 11.4. The van der Waals surface area contributed by atoms with Crippen molar-refractivity contribution >= 4 is 22.7 Å². The van der Waals surface area contributed by atoms with E-state index >= 15 is 0 Å². The lowest BCUT2D eigenvalue weighted by Crippen LogP contribution is -2.16. The molecule has 2 unspecified atom stereocenters. The van der Waals surface area contributed by atoms with Gasteiger partial charge in [0.05, 0.1) is 11.0 Å². The van der Waals surface area contributed by atoms with Crippen molar-refractivity contribution in [3.05, 3.63) is 18.2 Å². The number of hydrogen-bond donors (Lipinski definition) is 3. The van der Waals surface area contributed by atoms with Gasteiger partial charge in [0.1, 0.15) is 0 Å². The molecule has 4 heteroatoms. The number of nitrogens with one attached hydrogen (secondary N) is 2. The molecule has 1 fully saturated rings. The number of benzene rings is 1. The van der Waals surface area contributed by atoms with E-state index in [1.807, 2.05) is 18.2 Å². The van der Waals surface area contributed by atoms with Gasteiger partial charge in [0.15, 0.2) is 0 Å². The maximum absolute atomic E-state index is 5.76. The first-order valence-corrected chi connectivity index (χ1v) is 6.71. The number of anilines is 2. The Morgan fingerprint density at radius 2 is 2.33 bits per heavy atom. The fraction of sp³-hybridized carbons (Fsp3) is 0.500. The second-order valence-electron chi connectivity index (χ2n) is 5.41. The Morgan fingerprint density at radius 1 is 1.44 bits per heavy atom. The highest BCUT2D eigenvalue weighted by Crippen LogP contribution is 2.31. The Balaban J connectivity index is 1.71. The van der Waals surface area contributed by atoms with E-state index in [2.05, 4.69) is 22.2 Å². The maximum Gasteiger partial charge on any atom is 0.201 e. The molecule has 18 heavy (non-hydrogen) atoms. The molecule has 1 aromatic heterocycles. The molecular formula is C14H20N4. The van der Waals surface area contributed by atoms with Gasteiger partial charge in [-0.05, 0) is 36.5 Å². The molecule has 1 aromatic carbocycles. The predicted molar refractivity (Wildman–Crippen MR) is 75.5 cm³/mol. The molecule has 4 N–H and O–H groups in total. The molecule has 3 rings (SSSR count). The minimum absolute atomic E-state index is 0.766. The van der Waals surface area contributed by atoms with Gasteiger partial charge in [-0.15, -0.1) is 0 Å². The third-order valence-electron chi connectivity index (χ3n) is 4.08. The molecule has 1 heterocycles. The smallest absolute Gasteiger partial charge is 0.201 e. The van der Waals surface area contributed by atoms with Crippen LogP contribution in [0.25, 0.3) is 11.0 Å². The molecule has 0 spiro atoms. The molecule has 0 saturated heterocycles. The van der Waals surface area contributed by atoms with E-state index in [1.54, 1.807) is 0 Å². The van der Waals surface area contributed by atoms with Gasteiger partial charge in [0.2, 0.25) is 5.95 Å². The van der Waals surface area contributed by atoms with Gasteiger partial charge in [-0.1, -0.05) is 19.8 Å². The van der Waals surface area contributed by atoms with Crippen LogP contribution >= 0.6 is 0 Å². The van der Waals surface area contributed by atoms with E-state index in [9.17, 15) is 0 Å². The molecule has 96 valence electrons. The van der Waals surface area contributed by atoms with Crippen molar-refractivity contribution in [2.24, 2.45) is 11.8 Å². The van der Waals surface area contributed by atoms with E-state index in [0.29, 0.717) is 0 Å². The van der Waals surface area contributed by atoms with Crippen LogP contribution in [0.15, 0.2) is 18.2 Å². The number of fused-ring (bicyclic) bond motifs is 1. The van der Waals surface area contributed by atoms with Crippen molar-refractivity contribution in [3.8, 4) is 0 Å². The van der Waals surface area contributed by atoms with Crippen molar-refractivity contribution in [3.63, 3.8) is 0 Å². The van der Waals surface area contributed by atoms with E-state index in [4.69, 9.17) is 5.73 Å². The highest BCUT2D eigenvalue weighted by Gasteiger charge is 2.23. The highest BCUT2D eigenvalue weighted by molar-refractivity contribution is 5.80. The molecule has 1 saturated carbocycles. The highest BCUT2D eigenvalue weighted by atomic mass is 15.1. The Labute approximate surface area is 107 Å². The summed E-state index contributed by atoms with van der Waals surface area (Å²) in [6, 6.07) is 5.75. The van der Waals surface area contributed by atoms with Crippen LogP contribution in [0.5, 0.6) is 0 Å². The first-order chi connectivity index (χ1) is 8.72. The van der Waals surface area contributed by atoms with Crippen LogP contribution in [0.3, 0.4) is 0 Å². The van der Waals surface area contributed by atoms with Gasteiger partial charge in [0, 0.05) is 12.2 Å². The number of nitrogens with two attached hydrogens (primary N) is 1. The van der Waals surface area contributed by atoms with Gasteiger partial charge >= 0.3 is 0 Å². The Bertz CT molecular complexity index is 546. The average Bonchev–Trinajstić information content (AvgIpc) is 2.92. The largest absolute Gasteiger partial charge is 0.399 e. The molecule has 1 aliphatic rings. The van der Waals surface area contributed by atoms with Gasteiger partial charge in [-0.25, -0.2) is 4.98 Å². The molecule has 0 bridgehead atoms. The quantitative estimate of drug-likeness (QED) is 0.727. The zero-order valence-corrected chi connectivity index (χ0v) is 10.7. The fourth-order valence-electron chi connectivity index (χ4n) is 2.86. The molecular weight excluding hydrogens is 224 g/mol. The Kier molecular flexibility index (Phi) is 2.86. The van der Waals surface area contributed by atoms with E-state index in [-0.39, 0.29) is 0 Å². The van der Waals surface area contributed by atoms with Crippen molar-refractivity contribution in [1.82, 2.24) is 9.97 Å². The summed E-state index contributed by atoms with van der Waals surface area (Å²) in [4.78, 5) is 7.79. The SMILES string of the molecule is CC1CCCC1CNc1nc2ccc(N)cc2[nH]1. The summed E-state index contributed by atoms with van der Waals surface area (Å²) in [5.74, 6) is 2.47. The van der Waals surface area contributed by atoms with Gasteiger partial charge in [-0.2, -0.15) is 0 Å². The summed E-state index contributed by atoms with van der Waals surface area (Å²) in [5, 5.41) is 3.42. The van der Waals surface area contributed by atoms with Crippen LogP contribution in [0.4, 0.5) is 11.6 Å². The molecule has 0 amide bonds. The number of aromatic amines is 1. The second-order valence-corrected chi connectivity index (χ2v) is 5.41. The molecule has 0 aliphatic heterocycles. The van der Waals surface area contributed by atoms with Gasteiger partial charge in [-0.3, -0.25) is 0 Å². The first-order valence-electron chi connectivity index (χ1n) is 6.71. The lowest BCUT2D eigenvalue weighted by atomic mass is 9.98. The van der Waals surface area contributed by atoms with Crippen LogP contribution in [0.2, 0.25) is 0 Å². The summed E-state index contributed by atoms with van der Waals surface area (Å²) in [7, 11) is 0. The average molecular weight is 244 g/mol. The van der Waals surface area contributed by atoms with Crippen molar-refractivity contribution in [1.29, 1.82) is 0 Å². The van der Waals surface area contributed by atoms with E-state index < -0.39 is 0 Å². The van der Waals surface area contributed by atoms with Gasteiger partial charge < -0.3 is 16.0 Å². The summed E-state index contributed by atoms with van der Waals surface area (Å²) < 4.78 is 0. The maximum atomic E-state index is 5.76. The molecule has 2 aromatic rings. The lowest BCUT2D eigenvalue weighted by Gasteiger charge is -2.15. The number of H-pyrrole nitrogens is 1. The second kappa shape index (κ2) is 4.52. The zero-order valence-electron chi connectivity index (χ0n) is 10.7. The molecule has 4 nitrogen and oxygen atoms in total. The van der Waals surface area contributed by atoms with Crippen molar-refractivity contribution < 1.29 is 0 Å². The third-order valence-corrected chi connectivity index (χ3v) is 4.08. The third kappa shape index (κ3) is 2.15. The fourth-order valence-corrected chi connectivity index (χ4v) is 2.86. The number of imidazole rings is 1. The summed E-state index contributed by atoms with van der Waals surface area (Å²) in [5.41, 5.74) is 8.48. The summed E-state index contributed by atoms with van der Waals surface area (Å²) in [6.07, 6.45) is 4.06. The molecule has 2 atom stereocenters. The Morgan fingerprint density at radius 3 is 3.11 bits per heavy atom. The minimum atomic E-state index is 0.766. The summed E-state index contributed by atoms with van der Waals surface area (Å²) >= 11 is 0. The minimum Gasteiger partial charge on any atom is -0.399 e. The van der Waals surface area contributed by atoms with Gasteiger partial charge in [0.25, 0.3) is 0 Å². The van der Waals surface area contributed by atoms with Crippen LogP contribution in [-0.4, -0.2) is 16.5 Å². The van der Waals surface area contributed by atoms with E-state index in [1.165, 1.54) is 19.3 Å². The summed E-state index contributed by atoms with van der Waals surface area (Å²) in [6.45, 7) is 3.36. The van der Waals surface area contributed by atoms with Crippen LogP contribution < -0.4 is 11.1 Å². The predicted octanol–water partition coefficient (Wildman–Crippen LogP) is 2.99. The topological polar surface area (TPSA) is 66.7 Å². The molecule has 1 aliphatic carbocycles. The van der Waals surface area contributed by atoms with Crippen LogP contribution in [-0.2, 0) is 0 Å². The standard InChI is InChI=1S/C14H20N4/c1-9-3-2-4-10(9)8-16-14-17-12-6-5-11(15)7-13(12)18-14/h5-7,9-10H,2-4,8,15H2,1H3,(H2,16,17,18). The van der Waals surface area contributed by atoms with Crippen molar-refractivity contribution in [2.45, 2.75) is 26.2 Å².